The first-order valence-corrected chi connectivity index (χ1v) is 10.0. The lowest BCUT2D eigenvalue weighted by molar-refractivity contribution is -0.107. The first-order valence-electron chi connectivity index (χ1n) is 6.60. The molecule has 0 saturated heterocycles. The highest BCUT2D eigenvalue weighted by Crippen LogP contribution is 2.14. The van der Waals surface area contributed by atoms with Gasteiger partial charge in [0.2, 0.25) is 14.7 Å². The number of hydrogen-bond acceptors (Lipinski definition) is 4. The molecule has 21 heavy (non-hydrogen) atoms. The van der Waals surface area contributed by atoms with E-state index in [1.807, 2.05) is 0 Å². The zero-order chi connectivity index (χ0) is 15.9. The van der Waals surface area contributed by atoms with Crippen molar-refractivity contribution in [3.63, 3.8) is 0 Å². The van der Waals surface area contributed by atoms with E-state index in [9.17, 15) is 9.59 Å². The molecule has 0 fully saturated rings. The molecule has 0 aliphatic heterocycles. The monoisotopic (exact) mass is 307 g/mol. The molecule has 0 aliphatic carbocycles. The fourth-order valence-electron chi connectivity index (χ4n) is 1.52. The third-order valence-corrected chi connectivity index (χ3v) is 3.41. The minimum Gasteiger partial charge on any atom is -0.550 e. The second-order valence-electron chi connectivity index (χ2n) is 5.40. The van der Waals surface area contributed by atoms with E-state index < -0.39 is 14.3 Å². The van der Waals surface area contributed by atoms with Crippen molar-refractivity contribution in [3.05, 3.63) is 42.2 Å². The highest BCUT2D eigenvalue weighted by Gasteiger charge is 2.13. The fraction of sp³-hybridized carbons (Fsp3) is 0.333. The first kappa shape index (κ1) is 17.0. The van der Waals surface area contributed by atoms with Gasteiger partial charge in [0.25, 0.3) is 0 Å². The molecule has 1 amide bonds. The molecular weight excluding hydrogens is 286 g/mol. The van der Waals surface area contributed by atoms with Gasteiger partial charge in [-0.1, -0.05) is 0 Å². The molecule has 0 aliphatic rings. The van der Waals surface area contributed by atoms with Crippen molar-refractivity contribution < 1.29 is 18.8 Å². The van der Waals surface area contributed by atoms with Gasteiger partial charge in [-0.25, -0.2) is 4.79 Å². The molecule has 1 aromatic rings. The maximum Gasteiger partial charge on any atom is 0.337 e. The predicted octanol–water partition coefficient (Wildman–Crippen LogP) is 2.80. The summed E-state index contributed by atoms with van der Waals surface area (Å²) in [5.41, 5.74) is 1.15. The van der Waals surface area contributed by atoms with E-state index in [0.29, 0.717) is 17.8 Å². The third kappa shape index (κ3) is 5.82. The van der Waals surface area contributed by atoms with Gasteiger partial charge in [0.05, 0.1) is 18.9 Å². The number of ether oxygens (including phenoxy) is 1. The highest BCUT2D eigenvalue weighted by molar-refractivity contribution is 6.69. The lowest BCUT2D eigenvalue weighted by Gasteiger charge is -2.17. The van der Waals surface area contributed by atoms with E-state index >= 15 is 0 Å². The van der Waals surface area contributed by atoms with Crippen molar-refractivity contribution in [2.45, 2.75) is 19.6 Å². The number of nitrogens with zero attached hydrogens (tertiary/aromatic N) is 1. The number of methoxy groups -OCH3 is 1. The van der Waals surface area contributed by atoms with Gasteiger partial charge in [-0.15, -0.1) is 0 Å². The number of carbonyl (C=O) groups is 2. The zero-order valence-corrected chi connectivity index (χ0v) is 13.8. The first-order chi connectivity index (χ1) is 9.87. The van der Waals surface area contributed by atoms with Crippen LogP contribution in [0.3, 0.4) is 0 Å². The molecule has 5 nitrogen and oxygen atoms in total. The highest BCUT2D eigenvalue weighted by atomic mass is 28.4. The molecule has 0 saturated carbocycles. The van der Waals surface area contributed by atoms with E-state index in [1.54, 1.807) is 36.6 Å². The summed E-state index contributed by atoms with van der Waals surface area (Å²) in [4.78, 5) is 24.0. The minimum atomic E-state index is -1.59. The maximum absolute atomic E-state index is 11.3. The number of hydrogen-bond donors (Lipinski definition) is 0. The molecule has 6 heteroatoms. The zero-order valence-electron chi connectivity index (χ0n) is 12.8. The topological polar surface area (TPSA) is 55.8 Å². The smallest absolute Gasteiger partial charge is 0.337 e. The summed E-state index contributed by atoms with van der Waals surface area (Å²) < 4.78 is 10.2. The van der Waals surface area contributed by atoms with Crippen molar-refractivity contribution >= 4 is 26.4 Å². The number of benzene rings is 1. The SMILES string of the molecule is COC(=O)c1ccc(N(C=O)C/C=C/O[Si](C)(C)C)cc1. The Bertz CT molecular complexity index is 505. The second kappa shape index (κ2) is 7.63. The third-order valence-electron chi connectivity index (χ3n) is 2.57. The van der Waals surface area contributed by atoms with Gasteiger partial charge in [-0.05, 0) is 50.0 Å². The van der Waals surface area contributed by atoms with Gasteiger partial charge in [-0.2, -0.15) is 0 Å². The van der Waals surface area contributed by atoms with E-state index in [1.165, 1.54) is 12.0 Å². The van der Waals surface area contributed by atoms with Gasteiger partial charge in [0.1, 0.15) is 0 Å². The number of anilines is 1. The Kier molecular flexibility index (Phi) is 6.17. The summed E-state index contributed by atoms with van der Waals surface area (Å²) in [5, 5.41) is 0. The van der Waals surface area contributed by atoms with Crippen molar-refractivity contribution in [1.82, 2.24) is 0 Å². The van der Waals surface area contributed by atoms with E-state index in [2.05, 4.69) is 24.4 Å². The van der Waals surface area contributed by atoms with E-state index in [4.69, 9.17) is 4.43 Å². The largest absolute Gasteiger partial charge is 0.550 e. The summed E-state index contributed by atoms with van der Waals surface area (Å²) in [7, 11) is -0.257. The van der Waals surface area contributed by atoms with Gasteiger partial charge >= 0.3 is 5.97 Å². The second-order valence-corrected chi connectivity index (χ2v) is 9.86. The van der Waals surface area contributed by atoms with Crippen LogP contribution in [0.4, 0.5) is 5.69 Å². The normalized spacial score (nSPS) is 11.2. The molecule has 0 unspecified atom stereocenters. The van der Waals surface area contributed by atoms with Crippen LogP contribution < -0.4 is 4.90 Å². The molecule has 0 aromatic heterocycles. The molecule has 0 heterocycles. The molecule has 114 valence electrons. The summed E-state index contributed by atoms with van der Waals surface area (Å²) in [6.45, 7) is 6.66. The van der Waals surface area contributed by atoms with Crippen molar-refractivity contribution in [2.24, 2.45) is 0 Å². The van der Waals surface area contributed by atoms with Crippen LogP contribution in [0.2, 0.25) is 19.6 Å². The van der Waals surface area contributed by atoms with Crippen LogP contribution in [0.1, 0.15) is 10.4 Å². The lowest BCUT2D eigenvalue weighted by atomic mass is 10.2. The van der Waals surface area contributed by atoms with E-state index in [0.717, 1.165) is 6.41 Å². The number of rotatable bonds is 7. The molecule has 1 aromatic carbocycles. The predicted molar refractivity (Wildman–Crippen MR) is 84.8 cm³/mol. The summed E-state index contributed by atoms with van der Waals surface area (Å²) in [6.07, 6.45) is 4.18. The van der Waals surface area contributed by atoms with Gasteiger partial charge in [0.15, 0.2) is 0 Å². The lowest BCUT2D eigenvalue weighted by Crippen LogP contribution is -2.23. The Morgan fingerprint density at radius 3 is 2.33 bits per heavy atom. The summed E-state index contributed by atoms with van der Waals surface area (Å²) >= 11 is 0. The Morgan fingerprint density at radius 2 is 1.86 bits per heavy atom. The van der Waals surface area contributed by atoms with Gasteiger partial charge in [-0.3, -0.25) is 4.79 Å². The number of esters is 1. The number of amides is 1. The summed E-state index contributed by atoms with van der Waals surface area (Å²) in [6, 6.07) is 6.65. The van der Waals surface area contributed by atoms with Gasteiger partial charge in [0, 0.05) is 12.2 Å². The molecule has 0 bridgehead atoms. The van der Waals surface area contributed by atoms with Crippen molar-refractivity contribution in [1.29, 1.82) is 0 Å². The molecule has 0 spiro atoms. The molecule has 0 N–H and O–H groups in total. The molecule has 1 rings (SSSR count). The van der Waals surface area contributed by atoms with Crippen molar-refractivity contribution in [2.75, 3.05) is 18.6 Å². The Morgan fingerprint density at radius 1 is 1.24 bits per heavy atom. The Balaban J connectivity index is 2.68. The van der Waals surface area contributed by atoms with Crippen LogP contribution in [0.25, 0.3) is 0 Å². The van der Waals surface area contributed by atoms with E-state index in [-0.39, 0.29) is 0 Å². The van der Waals surface area contributed by atoms with Crippen LogP contribution >= 0.6 is 0 Å². The average molecular weight is 307 g/mol. The summed E-state index contributed by atoms with van der Waals surface area (Å²) in [5.74, 6) is -0.400. The van der Waals surface area contributed by atoms with Crippen LogP contribution in [-0.2, 0) is 14.0 Å². The molecule has 0 atom stereocenters. The van der Waals surface area contributed by atoms with Crippen LogP contribution in [-0.4, -0.2) is 34.4 Å². The van der Waals surface area contributed by atoms with Gasteiger partial charge < -0.3 is 14.1 Å². The molecular formula is C15H21NO4Si. The Labute approximate surface area is 126 Å². The minimum absolute atomic E-state index is 0.400. The maximum atomic E-state index is 11.3. The van der Waals surface area contributed by atoms with Crippen LogP contribution in [0.15, 0.2) is 36.6 Å². The number of carbonyl (C=O) groups excluding carboxylic acids is 2. The standard InChI is InChI=1S/C15H21NO4Si/c1-19-15(18)13-6-8-14(9-7-13)16(12-17)10-5-11-20-21(2,3)4/h5-9,11-12H,10H2,1-4H3/b11-5+. The van der Waals surface area contributed by atoms with Crippen LogP contribution in [0.5, 0.6) is 0 Å². The van der Waals surface area contributed by atoms with Crippen molar-refractivity contribution in [3.8, 4) is 0 Å². The average Bonchev–Trinajstić information content (AvgIpc) is 2.46. The van der Waals surface area contributed by atoms with Crippen LogP contribution in [0, 0.1) is 0 Å². The molecule has 0 radical (unpaired) electrons. The quantitative estimate of drug-likeness (QED) is 0.336. The fourth-order valence-corrected chi connectivity index (χ4v) is 2.03. The Hall–Kier alpha value is -2.08.